The number of amides is 2. The predicted molar refractivity (Wildman–Crippen MR) is 82.9 cm³/mol. The second kappa shape index (κ2) is 7.68. The molecule has 1 aromatic carbocycles. The van der Waals surface area contributed by atoms with Crippen LogP contribution in [0.4, 0.5) is 13.2 Å². The Balaban J connectivity index is 2.01. The molecule has 4 nitrogen and oxygen atoms in total. The summed E-state index contributed by atoms with van der Waals surface area (Å²) in [5, 5.41) is 5.30. The molecule has 1 aromatic rings. The minimum absolute atomic E-state index is 0.00837. The molecule has 0 heterocycles. The van der Waals surface area contributed by atoms with Crippen LogP contribution in [0.2, 0.25) is 0 Å². The number of halogens is 3. The van der Waals surface area contributed by atoms with Gasteiger partial charge in [-0.15, -0.1) is 0 Å². The molecular weight excluding hydrogens is 321 g/mol. The summed E-state index contributed by atoms with van der Waals surface area (Å²) in [6.45, 7) is 1.34. The van der Waals surface area contributed by atoms with Crippen LogP contribution in [0.3, 0.4) is 0 Å². The average molecular weight is 342 g/mol. The number of alkyl halides is 3. The summed E-state index contributed by atoms with van der Waals surface area (Å²) in [7, 11) is 0. The van der Waals surface area contributed by atoms with Crippen LogP contribution in [0.5, 0.6) is 0 Å². The Morgan fingerprint density at radius 3 is 2.50 bits per heavy atom. The van der Waals surface area contributed by atoms with Gasteiger partial charge in [0.25, 0.3) is 0 Å². The van der Waals surface area contributed by atoms with E-state index < -0.39 is 17.8 Å². The summed E-state index contributed by atoms with van der Waals surface area (Å²) in [4.78, 5) is 23.7. The average Bonchev–Trinajstić information content (AvgIpc) is 3.03. The van der Waals surface area contributed by atoms with Gasteiger partial charge < -0.3 is 10.6 Å². The first-order valence-electron chi connectivity index (χ1n) is 7.98. The van der Waals surface area contributed by atoms with Crippen molar-refractivity contribution >= 4 is 11.8 Å². The zero-order valence-electron chi connectivity index (χ0n) is 13.5. The molecule has 24 heavy (non-hydrogen) atoms. The predicted octanol–water partition coefficient (Wildman–Crippen LogP) is 3.02. The largest absolute Gasteiger partial charge is 0.416 e. The molecule has 1 atom stereocenters. The summed E-state index contributed by atoms with van der Waals surface area (Å²) in [5.41, 5.74) is -0.380. The van der Waals surface area contributed by atoms with Gasteiger partial charge in [-0.05, 0) is 36.5 Å². The SMILES string of the molecule is CC(=O)NC(C(=O)NCc1cccc(C(F)(F)F)c1)C1CCCC1. The number of hydrogen-bond donors (Lipinski definition) is 2. The Morgan fingerprint density at radius 2 is 1.92 bits per heavy atom. The number of rotatable bonds is 5. The normalized spacial score (nSPS) is 16.7. The highest BCUT2D eigenvalue weighted by atomic mass is 19.4. The molecule has 0 aliphatic heterocycles. The molecule has 0 spiro atoms. The van der Waals surface area contributed by atoms with Gasteiger partial charge in [0.05, 0.1) is 5.56 Å². The minimum atomic E-state index is -4.41. The van der Waals surface area contributed by atoms with Crippen molar-refractivity contribution in [2.24, 2.45) is 5.92 Å². The molecule has 2 rings (SSSR count). The number of carbonyl (C=O) groups is 2. The molecule has 2 amide bonds. The van der Waals surface area contributed by atoms with E-state index in [0.717, 1.165) is 37.8 Å². The molecule has 1 fully saturated rings. The standard InChI is InChI=1S/C17H21F3N2O2/c1-11(23)22-15(13-6-2-3-7-13)16(24)21-10-12-5-4-8-14(9-12)17(18,19)20/h4-5,8-9,13,15H,2-3,6-7,10H2,1H3,(H,21,24)(H,22,23). The van der Waals surface area contributed by atoms with E-state index >= 15 is 0 Å². The van der Waals surface area contributed by atoms with Crippen LogP contribution < -0.4 is 10.6 Å². The third-order valence-corrected chi connectivity index (χ3v) is 4.23. The van der Waals surface area contributed by atoms with E-state index in [2.05, 4.69) is 10.6 Å². The number of carbonyl (C=O) groups excluding carboxylic acids is 2. The van der Waals surface area contributed by atoms with Crippen molar-refractivity contribution < 1.29 is 22.8 Å². The second-order valence-corrected chi connectivity index (χ2v) is 6.14. The Bertz CT molecular complexity index is 596. The zero-order chi connectivity index (χ0) is 17.7. The molecular formula is C17H21F3N2O2. The zero-order valence-corrected chi connectivity index (χ0v) is 13.5. The lowest BCUT2D eigenvalue weighted by Crippen LogP contribution is -2.49. The van der Waals surface area contributed by atoms with Crippen LogP contribution in [-0.2, 0) is 22.3 Å². The minimum Gasteiger partial charge on any atom is -0.350 e. The third kappa shape index (κ3) is 4.97. The molecule has 0 saturated heterocycles. The first kappa shape index (κ1) is 18.3. The molecule has 1 saturated carbocycles. The Hall–Kier alpha value is -2.05. The van der Waals surface area contributed by atoms with Crippen molar-refractivity contribution in [2.75, 3.05) is 0 Å². The van der Waals surface area contributed by atoms with Crippen molar-refractivity contribution in [1.29, 1.82) is 0 Å². The summed E-state index contributed by atoms with van der Waals surface area (Å²) in [6, 6.07) is 4.22. The third-order valence-electron chi connectivity index (χ3n) is 4.23. The summed E-state index contributed by atoms with van der Waals surface area (Å²) in [6.07, 6.45) is -0.657. The van der Waals surface area contributed by atoms with Gasteiger partial charge in [0.1, 0.15) is 6.04 Å². The van der Waals surface area contributed by atoms with E-state index in [4.69, 9.17) is 0 Å². The maximum absolute atomic E-state index is 12.7. The Labute approximate surface area is 138 Å². The first-order valence-corrected chi connectivity index (χ1v) is 7.98. The van der Waals surface area contributed by atoms with E-state index in [1.165, 1.54) is 19.1 Å². The van der Waals surface area contributed by atoms with Crippen molar-refractivity contribution in [3.8, 4) is 0 Å². The van der Waals surface area contributed by atoms with E-state index in [1.54, 1.807) is 0 Å². The van der Waals surface area contributed by atoms with Gasteiger partial charge in [-0.25, -0.2) is 0 Å². The van der Waals surface area contributed by atoms with Gasteiger partial charge in [-0.3, -0.25) is 9.59 Å². The smallest absolute Gasteiger partial charge is 0.350 e. The molecule has 2 N–H and O–H groups in total. The summed E-state index contributed by atoms with van der Waals surface area (Å²) in [5.74, 6) is -0.564. The Morgan fingerprint density at radius 1 is 1.25 bits per heavy atom. The number of hydrogen-bond acceptors (Lipinski definition) is 2. The quantitative estimate of drug-likeness (QED) is 0.864. The molecule has 132 valence electrons. The molecule has 1 aliphatic rings. The van der Waals surface area contributed by atoms with Gasteiger partial charge in [0.2, 0.25) is 11.8 Å². The van der Waals surface area contributed by atoms with Gasteiger partial charge in [-0.1, -0.05) is 25.0 Å². The summed E-state index contributed by atoms with van der Waals surface area (Å²) >= 11 is 0. The van der Waals surface area contributed by atoms with Crippen molar-refractivity contribution in [3.05, 3.63) is 35.4 Å². The fourth-order valence-electron chi connectivity index (χ4n) is 3.06. The van der Waals surface area contributed by atoms with Crippen LogP contribution in [0.1, 0.15) is 43.7 Å². The molecule has 0 aromatic heterocycles. The van der Waals surface area contributed by atoms with Crippen molar-refractivity contribution in [2.45, 2.75) is 51.4 Å². The van der Waals surface area contributed by atoms with E-state index in [-0.39, 0.29) is 24.3 Å². The fourth-order valence-corrected chi connectivity index (χ4v) is 3.06. The number of benzene rings is 1. The van der Waals surface area contributed by atoms with Crippen molar-refractivity contribution in [1.82, 2.24) is 10.6 Å². The molecule has 1 aliphatic carbocycles. The van der Waals surface area contributed by atoms with Gasteiger partial charge in [0, 0.05) is 13.5 Å². The maximum atomic E-state index is 12.7. The van der Waals surface area contributed by atoms with Crippen LogP contribution >= 0.6 is 0 Å². The monoisotopic (exact) mass is 342 g/mol. The van der Waals surface area contributed by atoms with Crippen LogP contribution in [0.25, 0.3) is 0 Å². The first-order chi connectivity index (χ1) is 11.3. The van der Waals surface area contributed by atoms with E-state index in [0.29, 0.717) is 5.56 Å². The van der Waals surface area contributed by atoms with Crippen LogP contribution in [0.15, 0.2) is 24.3 Å². The molecule has 0 bridgehead atoms. The second-order valence-electron chi connectivity index (χ2n) is 6.14. The molecule has 0 radical (unpaired) electrons. The van der Waals surface area contributed by atoms with Gasteiger partial charge >= 0.3 is 6.18 Å². The Kier molecular flexibility index (Phi) is 5.85. The lowest BCUT2D eigenvalue weighted by atomic mass is 9.97. The number of nitrogens with one attached hydrogen (secondary N) is 2. The highest BCUT2D eigenvalue weighted by Crippen LogP contribution is 2.30. The van der Waals surface area contributed by atoms with Crippen LogP contribution in [-0.4, -0.2) is 17.9 Å². The lowest BCUT2D eigenvalue weighted by molar-refractivity contribution is -0.137. The molecule has 7 heteroatoms. The van der Waals surface area contributed by atoms with Gasteiger partial charge in [0.15, 0.2) is 0 Å². The van der Waals surface area contributed by atoms with Crippen molar-refractivity contribution in [3.63, 3.8) is 0 Å². The van der Waals surface area contributed by atoms with Gasteiger partial charge in [-0.2, -0.15) is 13.2 Å². The highest BCUT2D eigenvalue weighted by molar-refractivity contribution is 5.87. The lowest BCUT2D eigenvalue weighted by Gasteiger charge is -2.23. The highest BCUT2D eigenvalue weighted by Gasteiger charge is 2.32. The molecule has 1 unspecified atom stereocenters. The topological polar surface area (TPSA) is 58.2 Å². The van der Waals surface area contributed by atoms with Crippen LogP contribution in [0, 0.1) is 5.92 Å². The maximum Gasteiger partial charge on any atom is 0.416 e. The van der Waals surface area contributed by atoms with E-state index in [9.17, 15) is 22.8 Å². The fraction of sp³-hybridized carbons (Fsp3) is 0.529. The van der Waals surface area contributed by atoms with E-state index in [1.807, 2.05) is 0 Å². The summed E-state index contributed by atoms with van der Waals surface area (Å²) < 4.78 is 38.1.